The predicted octanol–water partition coefficient (Wildman–Crippen LogP) is 6.02. The standard InChI is InChI=1S/C20H20F2IN8O2PS.C4H8/c1-29-9-24-8-15(29)11-4-5-12(14(6-11)30(2)35(3)33)26-13-7-16(25-10-32)27-19-17(13)28-20(18(21)22)31(19)34-23;1-4-2-3-4/h4-10,18,34H,1-3H3,(H2,25,26,27,32);4H,2-3H2,1H3. The molecule has 2 N–H and O–H groups in total. The van der Waals surface area contributed by atoms with Gasteiger partial charge in [-0.25, -0.2) is 27.9 Å². The van der Waals surface area contributed by atoms with Crippen molar-refractivity contribution in [1.82, 2.24) is 23.9 Å². The van der Waals surface area contributed by atoms with Crippen LogP contribution in [-0.4, -0.2) is 47.8 Å². The van der Waals surface area contributed by atoms with Gasteiger partial charge in [0.2, 0.25) is 6.41 Å². The number of fused-ring (bicyclic) bond motifs is 1. The van der Waals surface area contributed by atoms with Gasteiger partial charge in [0, 0.05) is 32.0 Å². The molecule has 15 heteroatoms. The van der Waals surface area contributed by atoms with Crippen molar-refractivity contribution in [2.75, 3.05) is 28.2 Å². The predicted molar refractivity (Wildman–Crippen MR) is 163 cm³/mol. The molecule has 0 bridgehead atoms. The van der Waals surface area contributed by atoms with Crippen LogP contribution < -0.4 is 14.9 Å². The van der Waals surface area contributed by atoms with Gasteiger partial charge in [0.15, 0.2) is 11.5 Å². The van der Waals surface area contributed by atoms with Gasteiger partial charge >= 0.3 is 0 Å². The molecule has 1 saturated carbocycles. The van der Waals surface area contributed by atoms with Crippen molar-refractivity contribution >= 4 is 79.9 Å². The van der Waals surface area contributed by atoms with Crippen LogP contribution in [0.2, 0.25) is 0 Å². The van der Waals surface area contributed by atoms with E-state index < -0.39 is 23.2 Å². The molecule has 1 amide bonds. The maximum Gasteiger partial charge on any atom is 0.295 e. The summed E-state index contributed by atoms with van der Waals surface area (Å²) in [4.78, 5) is 23.7. The van der Waals surface area contributed by atoms with Gasteiger partial charge in [-0.05, 0) is 40.1 Å². The number of hydrogen-bond acceptors (Lipinski definition) is 6. The Morgan fingerprint density at radius 2 is 1.97 bits per heavy atom. The highest BCUT2D eigenvalue weighted by Gasteiger charge is 2.23. The molecule has 2 unspecified atom stereocenters. The van der Waals surface area contributed by atoms with E-state index in [9.17, 15) is 17.8 Å². The lowest BCUT2D eigenvalue weighted by Gasteiger charge is -2.22. The summed E-state index contributed by atoms with van der Waals surface area (Å²) < 4.78 is 44.5. The van der Waals surface area contributed by atoms with Gasteiger partial charge in [-0.3, -0.25) is 13.4 Å². The largest absolute Gasteiger partial charge is 0.352 e. The Kier molecular flexibility index (Phi) is 9.49. The zero-order valence-electron chi connectivity index (χ0n) is 21.7. The summed E-state index contributed by atoms with van der Waals surface area (Å²) in [6.45, 7) is 2.28. The number of aromatic nitrogens is 5. The molecule has 3 heterocycles. The highest BCUT2D eigenvalue weighted by Crippen LogP contribution is 2.40. The van der Waals surface area contributed by atoms with Crippen LogP contribution in [0.5, 0.6) is 0 Å². The number of hydrogen-bond donors (Lipinski definition) is 2. The highest BCUT2D eigenvalue weighted by molar-refractivity contribution is 14.2. The Hall–Kier alpha value is -2.71. The fraction of sp³-hybridized carbons (Fsp3) is 0.333. The zero-order chi connectivity index (χ0) is 28.3. The van der Waals surface area contributed by atoms with Gasteiger partial charge in [-0.15, -0.1) is 0 Å². The van der Waals surface area contributed by atoms with Gasteiger partial charge in [0.05, 0.1) is 41.7 Å². The molecule has 0 aliphatic heterocycles. The van der Waals surface area contributed by atoms with Crippen LogP contribution in [-0.2, 0) is 22.8 Å². The molecule has 2 atom stereocenters. The maximum atomic E-state index is 13.7. The number of carbonyl (C=O) groups is 1. The van der Waals surface area contributed by atoms with Crippen molar-refractivity contribution in [1.29, 1.82) is 0 Å². The van der Waals surface area contributed by atoms with Crippen LogP contribution in [0.3, 0.4) is 0 Å². The lowest BCUT2D eigenvalue weighted by molar-refractivity contribution is -0.105. The van der Waals surface area contributed by atoms with Gasteiger partial charge in [0.1, 0.15) is 22.3 Å². The third-order valence-electron chi connectivity index (χ3n) is 6.10. The van der Waals surface area contributed by atoms with Crippen LogP contribution in [0.4, 0.5) is 31.7 Å². The van der Waals surface area contributed by atoms with E-state index >= 15 is 0 Å². The first-order chi connectivity index (χ1) is 18.6. The summed E-state index contributed by atoms with van der Waals surface area (Å²) in [6.07, 6.45) is 5.51. The number of anilines is 4. The van der Waals surface area contributed by atoms with Crippen LogP contribution >= 0.6 is 28.4 Å². The molecule has 3 aromatic heterocycles. The molecular formula is C24H28F2IN8O2PS. The summed E-state index contributed by atoms with van der Waals surface area (Å²) >= 11 is 1.98. The number of nitrogens with one attached hydrogen (secondary N) is 2. The molecule has 10 nitrogen and oxygen atoms in total. The fourth-order valence-electron chi connectivity index (χ4n) is 3.67. The van der Waals surface area contributed by atoms with Crippen LogP contribution in [0, 0.1) is 5.92 Å². The minimum absolute atomic E-state index is 0.0820. The average Bonchev–Trinajstić information content (AvgIpc) is 3.41. The Morgan fingerprint density at radius 3 is 2.51 bits per heavy atom. The molecule has 39 heavy (non-hydrogen) atoms. The third kappa shape index (κ3) is 6.72. The van der Waals surface area contributed by atoms with E-state index in [4.69, 9.17) is 0 Å². The highest BCUT2D eigenvalue weighted by atomic mass is 127. The number of alkyl halides is 2. The molecule has 0 spiro atoms. The Labute approximate surface area is 241 Å². The lowest BCUT2D eigenvalue weighted by atomic mass is 10.1. The van der Waals surface area contributed by atoms with Crippen LogP contribution in [0.1, 0.15) is 32.0 Å². The number of pyridine rings is 1. The number of rotatable bonds is 9. The van der Waals surface area contributed by atoms with Crippen molar-refractivity contribution in [3.8, 4) is 11.3 Å². The van der Waals surface area contributed by atoms with E-state index in [-0.39, 0.29) is 23.4 Å². The zero-order valence-corrected chi connectivity index (χ0v) is 25.6. The second kappa shape index (κ2) is 12.6. The van der Waals surface area contributed by atoms with Crippen LogP contribution in [0.15, 0.2) is 36.8 Å². The van der Waals surface area contributed by atoms with Gasteiger partial charge in [-0.1, -0.05) is 25.8 Å². The van der Waals surface area contributed by atoms with E-state index in [1.165, 1.54) is 23.2 Å². The number of imidazole rings is 2. The number of nitrogens with zero attached hydrogens (tertiary/aromatic N) is 6. The third-order valence-corrected chi connectivity index (χ3v) is 9.12. The Bertz CT molecular complexity index is 1510. The van der Waals surface area contributed by atoms with Gasteiger partial charge < -0.3 is 15.2 Å². The van der Waals surface area contributed by atoms with Crippen molar-refractivity contribution in [2.45, 2.75) is 26.2 Å². The topological polar surface area (TPSA) is 110 Å². The summed E-state index contributed by atoms with van der Waals surface area (Å²) in [5, 5.41) is 5.70. The monoisotopic (exact) mass is 688 g/mol. The summed E-state index contributed by atoms with van der Waals surface area (Å²) in [6, 6.07) is 7.04. The molecule has 5 rings (SSSR count). The van der Waals surface area contributed by atoms with E-state index in [2.05, 4.69) is 32.5 Å². The van der Waals surface area contributed by atoms with Crippen molar-refractivity contribution in [2.24, 2.45) is 13.0 Å². The second-order valence-electron chi connectivity index (χ2n) is 9.03. The number of aryl methyl sites for hydroxylation is 1. The first-order valence-electron chi connectivity index (χ1n) is 11.9. The molecular weight excluding hydrogens is 660 g/mol. The number of halogens is 3. The first-order valence-corrected chi connectivity index (χ1v) is 17.5. The van der Waals surface area contributed by atoms with Crippen molar-refractivity contribution in [3.05, 3.63) is 42.6 Å². The molecule has 4 aromatic rings. The van der Waals surface area contributed by atoms with E-state index in [0.717, 1.165) is 17.2 Å². The second-order valence-corrected chi connectivity index (χ2v) is 12.5. The SMILES string of the molecule is CC1CC1.CN(c1cc(-c2cncn2C)ccc1Nc1cc(NC=O)nc2c1nc(C(F)F)n2PI)S(C)=O. The lowest BCUT2D eigenvalue weighted by Crippen LogP contribution is -2.20. The minimum Gasteiger partial charge on any atom is -0.352 e. The minimum atomic E-state index is -2.80. The van der Waals surface area contributed by atoms with E-state index in [1.807, 2.05) is 45.8 Å². The molecule has 1 aromatic carbocycles. The van der Waals surface area contributed by atoms with Crippen molar-refractivity contribution < 1.29 is 17.8 Å². The average molecular weight is 688 g/mol. The first kappa shape index (κ1) is 29.3. The summed E-state index contributed by atoms with van der Waals surface area (Å²) in [7, 11) is 2.21. The quantitative estimate of drug-likeness (QED) is 0.127. The molecule has 208 valence electrons. The van der Waals surface area contributed by atoms with Gasteiger partial charge in [0.25, 0.3) is 6.43 Å². The van der Waals surface area contributed by atoms with Gasteiger partial charge in [-0.2, -0.15) is 0 Å². The van der Waals surface area contributed by atoms with E-state index in [0.29, 0.717) is 23.5 Å². The summed E-state index contributed by atoms with van der Waals surface area (Å²) in [5.74, 6) is 0.845. The Morgan fingerprint density at radius 1 is 1.26 bits per heavy atom. The number of amides is 1. The molecule has 1 aliphatic rings. The molecule has 0 saturated heterocycles. The van der Waals surface area contributed by atoms with Crippen LogP contribution in [0.25, 0.3) is 22.4 Å². The number of carbonyl (C=O) groups excluding carboxylic acids is 1. The molecule has 1 aliphatic carbocycles. The normalized spacial score (nSPS) is 13.9. The summed E-state index contributed by atoms with van der Waals surface area (Å²) in [5.41, 5.74) is 3.67. The van der Waals surface area contributed by atoms with Crippen molar-refractivity contribution in [3.63, 3.8) is 0 Å². The molecule has 0 radical (unpaired) electrons. The Balaban J connectivity index is 0.000000808. The number of benzene rings is 1. The molecule has 1 fully saturated rings. The van der Waals surface area contributed by atoms with E-state index in [1.54, 1.807) is 36.2 Å². The smallest absolute Gasteiger partial charge is 0.295 e. The maximum absolute atomic E-state index is 13.7. The fourth-order valence-corrected chi connectivity index (χ4v) is 5.99.